The Kier molecular flexibility index (Phi) is 6.82. The van der Waals surface area contributed by atoms with Crippen LogP contribution in [0.25, 0.3) is 11.3 Å². The van der Waals surface area contributed by atoms with Gasteiger partial charge in [-0.15, -0.1) is 0 Å². The predicted molar refractivity (Wildman–Crippen MR) is 132 cm³/mol. The van der Waals surface area contributed by atoms with Crippen molar-refractivity contribution in [1.82, 2.24) is 20.2 Å². The highest BCUT2D eigenvalue weighted by Gasteiger charge is 2.29. The van der Waals surface area contributed by atoms with E-state index in [4.69, 9.17) is 13.9 Å². The maximum atomic E-state index is 12.2. The van der Waals surface area contributed by atoms with Crippen molar-refractivity contribution in [2.75, 3.05) is 56.2 Å². The van der Waals surface area contributed by atoms with Crippen LogP contribution in [0, 0.1) is 6.92 Å². The van der Waals surface area contributed by atoms with Gasteiger partial charge in [-0.3, -0.25) is 9.80 Å². The van der Waals surface area contributed by atoms with Crippen molar-refractivity contribution < 1.29 is 18.7 Å². The first kappa shape index (κ1) is 23.1. The van der Waals surface area contributed by atoms with E-state index in [9.17, 15) is 4.79 Å². The second-order valence-corrected chi connectivity index (χ2v) is 8.74. The van der Waals surface area contributed by atoms with Gasteiger partial charge in [0.25, 0.3) is 6.01 Å². The number of hydrogen-bond acceptors (Lipinski definition) is 8. The number of ether oxygens (including phenoxy) is 2. The fraction of sp³-hybridized carbons (Fsp3) is 0.400. The molecule has 0 aliphatic carbocycles. The predicted octanol–water partition coefficient (Wildman–Crippen LogP) is 3.42. The van der Waals surface area contributed by atoms with Crippen molar-refractivity contribution in [3.8, 4) is 17.1 Å². The van der Waals surface area contributed by atoms with Crippen LogP contribution in [0.2, 0.25) is 0 Å². The van der Waals surface area contributed by atoms with Crippen LogP contribution in [0.15, 0.2) is 47.1 Å². The Morgan fingerprint density at radius 2 is 2.06 bits per heavy atom. The second kappa shape index (κ2) is 10.3. The maximum Gasteiger partial charge on any atom is 0.323 e. The van der Waals surface area contributed by atoms with Crippen LogP contribution in [-0.2, 0) is 4.74 Å². The molecule has 184 valence electrons. The Morgan fingerprint density at radius 3 is 2.86 bits per heavy atom. The Morgan fingerprint density at radius 1 is 1.20 bits per heavy atom. The number of carbonyl (C=O) groups excluding carboxylic acids is 1. The van der Waals surface area contributed by atoms with Crippen LogP contribution >= 0.6 is 0 Å². The van der Waals surface area contributed by atoms with Crippen molar-refractivity contribution in [2.45, 2.75) is 19.9 Å². The highest BCUT2D eigenvalue weighted by molar-refractivity contribution is 5.94. The number of oxazole rings is 1. The number of carbonyl (C=O) groups is 1. The van der Waals surface area contributed by atoms with Gasteiger partial charge in [0.1, 0.15) is 18.2 Å². The van der Waals surface area contributed by atoms with E-state index in [0.29, 0.717) is 30.7 Å². The summed E-state index contributed by atoms with van der Waals surface area (Å²) in [7, 11) is 0. The zero-order valence-corrected chi connectivity index (χ0v) is 20.0. The number of rotatable bonds is 8. The van der Waals surface area contributed by atoms with Crippen LogP contribution < -0.4 is 20.3 Å². The average molecular weight is 479 g/mol. The van der Waals surface area contributed by atoms with Crippen molar-refractivity contribution in [3.05, 3.63) is 48.3 Å². The van der Waals surface area contributed by atoms with E-state index in [0.717, 1.165) is 55.4 Å². The molecular weight excluding hydrogens is 448 g/mol. The molecule has 35 heavy (non-hydrogen) atoms. The molecule has 2 fully saturated rings. The molecule has 5 rings (SSSR count). The minimum absolute atomic E-state index is 0.0311. The lowest BCUT2D eigenvalue weighted by molar-refractivity contribution is 0.0322. The summed E-state index contributed by atoms with van der Waals surface area (Å²) in [5, 5.41) is 6.08. The van der Waals surface area contributed by atoms with E-state index in [2.05, 4.69) is 25.5 Å². The fourth-order valence-corrected chi connectivity index (χ4v) is 4.17. The van der Waals surface area contributed by atoms with Gasteiger partial charge in [0, 0.05) is 49.7 Å². The van der Waals surface area contributed by atoms with Gasteiger partial charge in [-0.2, -0.15) is 0 Å². The van der Waals surface area contributed by atoms with Crippen molar-refractivity contribution in [3.63, 3.8) is 0 Å². The average Bonchev–Trinajstić information content (AvgIpc) is 3.48. The monoisotopic (exact) mass is 478 g/mol. The Bertz CT molecular complexity index is 1180. The van der Waals surface area contributed by atoms with Crippen molar-refractivity contribution in [1.29, 1.82) is 0 Å². The molecule has 0 saturated carbocycles. The van der Waals surface area contributed by atoms with Gasteiger partial charge in [0.15, 0.2) is 5.76 Å². The molecule has 4 heterocycles. The standard InChI is InChI=1S/C25H30N6O4/c1-17-3-4-20(34-12-9-30-7-10-33-11-8-30)14-21(17)29-24-27-16-22(35-24)19-5-6-26-23(13-19)31-18(2)15-28-25(31)32/h3-6,13-14,16,18H,7-12,15H2,1-2H3,(H,27,29)(H,28,32). The lowest BCUT2D eigenvalue weighted by Gasteiger charge is -2.26. The molecule has 1 unspecified atom stereocenters. The van der Waals surface area contributed by atoms with E-state index >= 15 is 0 Å². The molecule has 10 heteroatoms. The molecule has 0 spiro atoms. The van der Waals surface area contributed by atoms with E-state index in [1.54, 1.807) is 17.3 Å². The minimum atomic E-state index is -0.149. The lowest BCUT2D eigenvalue weighted by Crippen LogP contribution is -2.38. The Balaban J connectivity index is 1.24. The topological polar surface area (TPSA) is 105 Å². The summed E-state index contributed by atoms with van der Waals surface area (Å²) in [5.74, 6) is 1.95. The van der Waals surface area contributed by atoms with Crippen molar-refractivity contribution in [2.24, 2.45) is 0 Å². The SMILES string of the molecule is Cc1ccc(OCCN2CCOCC2)cc1Nc1ncc(-c2ccnc(N3C(=O)NCC3C)c2)o1. The smallest absolute Gasteiger partial charge is 0.323 e. The minimum Gasteiger partial charge on any atom is -0.492 e. The molecular formula is C25H30N6O4. The second-order valence-electron chi connectivity index (χ2n) is 8.74. The first-order chi connectivity index (χ1) is 17.1. The van der Waals surface area contributed by atoms with Gasteiger partial charge in [-0.25, -0.2) is 14.8 Å². The lowest BCUT2D eigenvalue weighted by atomic mass is 10.2. The number of aryl methyl sites for hydroxylation is 1. The molecule has 2 N–H and O–H groups in total. The number of nitrogens with one attached hydrogen (secondary N) is 2. The van der Waals surface area contributed by atoms with Crippen LogP contribution in [0.1, 0.15) is 12.5 Å². The van der Waals surface area contributed by atoms with Crippen molar-refractivity contribution >= 4 is 23.6 Å². The zero-order chi connectivity index (χ0) is 24.2. The van der Waals surface area contributed by atoms with Gasteiger partial charge in [-0.1, -0.05) is 6.07 Å². The molecule has 2 saturated heterocycles. The van der Waals surface area contributed by atoms with Crippen LogP contribution in [0.5, 0.6) is 5.75 Å². The summed E-state index contributed by atoms with van der Waals surface area (Å²) < 4.78 is 17.3. The zero-order valence-electron chi connectivity index (χ0n) is 20.0. The van der Waals surface area contributed by atoms with Gasteiger partial charge < -0.3 is 24.5 Å². The Labute approximate surface area is 204 Å². The maximum absolute atomic E-state index is 12.2. The van der Waals surface area contributed by atoms with Crippen LogP contribution in [0.3, 0.4) is 0 Å². The number of morpholine rings is 1. The summed E-state index contributed by atoms with van der Waals surface area (Å²) >= 11 is 0. The summed E-state index contributed by atoms with van der Waals surface area (Å²) in [6, 6.07) is 9.85. The van der Waals surface area contributed by atoms with E-state index in [1.807, 2.05) is 44.2 Å². The molecule has 2 aliphatic heterocycles. The van der Waals surface area contributed by atoms with E-state index in [1.165, 1.54) is 0 Å². The third-order valence-corrected chi connectivity index (χ3v) is 6.22. The molecule has 1 atom stereocenters. The quantitative estimate of drug-likeness (QED) is 0.508. The highest BCUT2D eigenvalue weighted by atomic mass is 16.5. The highest BCUT2D eigenvalue weighted by Crippen LogP contribution is 2.30. The number of anilines is 3. The number of urea groups is 1. The van der Waals surface area contributed by atoms with E-state index in [-0.39, 0.29) is 12.1 Å². The summed E-state index contributed by atoms with van der Waals surface area (Å²) in [6.45, 7) is 9.52. The first-order valence-electron chi connectivity index (χ1n) is 11.9. The fourth-order valence-electron chi connectivity index (χ4n) is 4.17. The van der Waals surface area contributed by atoms with Gasteiger partial charge in [0.05, 0.1) is 25.5 Å². The third-order valence-electron chi connectivity index (χ3n) is 6.22. The first-order valence-corrected chi connectivity index (χ1v) is 11.9. The summed E-state index contributed by atoms with van der Waals surface area (Å²) in [6.07, 6.45) is 3.33. The molecule has 3 aromatic rings. The molecule has 0 radical (unpaired) electrons. The van der Waals surface area contributed by atoms with Crippen LogP contribution in [-0.4, -0.2) is 72.9 Å². The number of pyridine rings is 1. The summed E-state index contributed by atoms with van der Waals surface area (Å²) in [4.78, 5) is 24.9. The number of amides is 2. The third kappa shape index (κ3) is 5.39. The normalized spacial score (nSPS) is 18.5. The number of aromatic nitrogens is 2. The Hall–Kier alpha value is -3.63. The molecule has 2 aromatic heterocycles. The number of hydrogen-bond donors (Lipinski definition) is 2. The molecule has 2 aliphatic rings. The van der Waals surface area contributed by atoms with Crippen LogP contribution in [0.4, 0.5) is 22.3 Å². The number of benzene rings is 1. The van der Waals surface area contributed by atoms with Gasteiger partial charge >= 0.3 is 6.03 Å². The number of nitrogens with zero attached hydrogens (tertiary/aromatic N) is 4. The molecule has 0 bridgehead atoms. The molecule has 2 amide bonds. The van der Waals surface area contributed by atoms with Gasteiger partial charge in [-0.05, 0) is 37.6 Å². The van der Waals surface area contributed by atoms with E-state index < -0.39 is 0 Å². The van der Waals surface area contributed by atoms with Gasteiger partial charge in [0.2, 0.25) is 0 Å². The largest absolute Gasteiger partial charge is 0.492 e. The molecule has 10 nitrogen and oxygen atoms in total. The summed E-state index contributed by atoms with van der Waals surface area (Å²) in [5.41, 5.74) is 2.70. The molecule has 1 aromatic carbocycles.